The molecule has 1 aliphatic heterocycles. The highest BCUT2D eigenvalue weighted by atomic mass is 16.6. The van der Waals surface area contributed by atoms with Gasteiger partial charge in [0.1, 0.15) is 0 Å². The summed E-state index contributed by atoms with van der Waals surface area (Å²) in [5.74, 6) is -1.16. The molecule has 0 amide bonds. The number of nitro groups is 1. The molecule has 3 rings (SSSR count). The van der Waals surface area contributed by atoms with Gasteiger partial charge in [-0.3, -0.25) is 14.9 Å². The molecule has 2 aliphatic rings. The lowest BCUT2D eigenvalue weighted by atomic mass is 10.0. The highest BCUT2D eigenvalue weighted by molar-refractivity contribution is 5.98. The van der Waals surface area contributed by atoms with E-state index in [4.69, 9.17) is 14.8 Å². The van der Waals surface area contributed by atoms with E-state index >= 15 is 0 Å². The van der Waals surface area contributed by atoms with Gasteiger partial charge in [0.25, 0.3) is 5.69 Å². The van der Waals surface area contributed by atoms with Crippen molar-refractivity contribution >= 4 is 11.7 Å². The van der Waals surface area contributed by atoms with Crippen molar-refractivity contribution in [3.05, 3.63) is 64.1 Å². The summed E-state index contributed by atoms with van der Waals surface area (Å²) < 4.78 is 5.13. The van der Waals surface area contributed by atoms with Crippen molar-refractivity contribution in [1.82, 2.24) is 0 Å². The zero-order valence-corrected chi connectivity index (χ0v) is 12.2. The zero-order chi connectivity index (χ0) is 17.3. The van der Waals surface area contributed by atoms with E-state index in [1.54, 1.807) is 24.3 Å². The summed E-state index contributed by atoms with van der Waals surface area (Å²) >= 11 is 0. The predicted octanol–water partition coefficient (Wildman–Crippen LogP) is 3.46. The fourth-order valence-electron chi connectivity index (χ4n) is 2.77. The van der Waals surface area contributed by atoms with Crippen LogP contribution in [0.15, 0.2) is 47.3 Å². The number of carboxylic acids is 1. The maximum absolute atomic E-state index is 11.6. The minimum Gasteiger partial charge on any atom is -0.481 e. The maximum Gasteiger partial charge on any atom is 0.308 e. The zero-order valence-electron chi connectivity index (χ0n) is 12.2. The van der Waals surface area contributed by atoms with Crippen LogP contribution in [-0.4, -0.2) is 16.0 Å². The molecule has 1 aromatic carbocycles. The van der Waals surface area contributed by atoms with Crippen LogP contribution in [-0.2, 0) is 11.2 Å². The standard InChI is InChI=1S/C17H10N2O5/c18-8-10-1-3-11(4-2-10)16-14-9-24-6-5-12(14)13(7-15(20)21)17(16)19(22)23/h1-6,9H,7H2,(H,20,21). The Labute approximate surface area is 135 Å². The highest BCUT2D eigenvalue weighted by Gasteiger charge is 2.33. The summed E-state index contributed by atoms with van der Waals surface area (Å²) in [4.78, 5) is 22.2. The van der Waals surface area contributed by atoms with Gasteiger partial charge in [0, 0.05) is 11.1 Å². The first-order valence-electron chi connectivity index (χ1n) is 6.90. The third-order valence-corrected chi connectivity index (χ3v) is 3.72. The Morgan fingerprint density at radius 3 is 2.54 bits per heavy atom. The average molecular weight is 322 g/mol. The van der Waals surface area contributed by atoms with E-state index in [9.17, 15) is 14.9 Å². The molecule has 0 unspecified atom stereocenters. The lowest BCUT2D eigenvalue weighted by molar-refractivity contribution is -0.384. The quantitative estimate of drug-likeness (QED) is 0.580. The number of fused-ring (bicyclic) bond motifs is 1. The van der Waals surface area contributed by atoms with E-state index in [1.807, 2.05) is 6.07 Å². The SMILES string of the molecule is N#Cc1ccc(-c2c3coccc-3c(CC(=O)O)c2[N+](=O)[O-])cc1. The smallest absolute Gasteiger partial charge is 0.308 e. The first kappa shape index (κ1) is 15.2. The number of rotatable bonds is 4. The Kier molecular flexibility index (Phi) is 3.72. The van der Waals surface area contributed by atoms with E-state index in [2.05, 4.69) is 0 Å². The van der Waals surface area contributed by atoms with Crippen molar-refractivity contribution < 1.29 is 19.2 Å². The van der Waals surface area contributed by atoms with E-state index in [1.165, 1.54) is 18.6 Å². The summed E-state index contributed by atoms with van der Waals surface area (Å²) in [6.45, 7) is 0. The maximum atomic E-state index is 11.6. The summed E-state index contributed by atoms with van der Waals surface area (Å²) in [5.41, 5.74) is 2.05. The van der Waals surface area contributed by atoms with Crippen LogP contribution >= 0.6 is 0 Å². The van der Waals surface area contributed by atoms with E-state index in [0.29, 0.717) is 27.8 Å². The number of hydrogen-bond donors (Lipinski definition) is 1. The Morgan fingerprint density at radius 1 is 1.25 bits per heavy atom. The molecule has 1 heterocycles. The van der Waals surface area contributed by atoms with Crippen molar-refractivity contribution in [2.75, 3.05) is 0 Å². The molecule has 0 aromatic heterocycles. The van der Waals surface area contributed by atoms with Gasteiger partial charge in [-0.1, -0.05) is 12.1 Å². The van der Waals surface area contributed by atoms with Crippen LogP contribution in [0.25, 0.3) is 22.3 Å². The summed E-state index contributed by atoms with van der Waals surface area (Å²) in [7, 11) is 0. The number of carbonyl (C=O) groups is 1. The molecule has 1 aliphatic carbocycles. The molecule has 0 fully saturated rings. The third kappa shape index (κ3) is 2.46. The second-order valence-corrected chi connectivity index (χ2v) is 5.10. The van der Waals surface area contributed by atoms with Gasteiger partial charge >= 0.3 is 5.97 Å². The molecule has 7 nitrogen and oxygen atoms in total. The number of carboxylic acid groups (broad SMARTS) is 1. The number of benzene rings is 1. The van der Waals surface area contributed by atoms with Crippen LogP contribution < -0.4 is 0 Å². The van der Waals surface area contributed by atoms with Crippen molar-refractivity contribution in [2.24, 2.45) is 0 Å². The van der Waals surface area contributed by atoms with Gasteiger partial charge in [-0.05, 0) is 29.3 Å². The van der Waals surface area contributed by atoms with Crippen molar-refractivity contribution in [3.8, 4) is 28.3 Å². The molecular formula is C17H10N2O5. The number of nitriles is 1. The molecule has 118 valence electrons. The van der Waals surface area contributed by atoms with Crippen LogP contribution in [0.2, 0.25) is 0 Å². The average Bonchev–Trinajstić information content (AvgIpc) is 2.89. The lowest BCUT2D eigenvalue weighted by Crippen LogP contribution is -2.02. The molecule has 0 saturated carbocycles. The normalized spacial score (nSPS) is 10.5. The topological polar surface area (TPSA) is 117 Å². The molecule has 0 atom stereocenters. The summed E-state index contributed by atoms with van der Waals surface area (Å²) in [6, 6.07) is 9.79. The van der Waals surface area contributed by atoms with Gasteiger partial charge < -0.3 is 9.52 Å². The number of aliphatic carboxylic acids is 1. The van der Waals surface area contributed by atoms with Crippen molar-refractivity contribution in [2.45, 2.75) is 6.42 Å². The number of hydrogen-bond acceptors (Lipinski definition) is 5. The second kappa shape index (κ2) is 5.85. The molecule has 0 bridgehead atoms. The molecule has 0 spiro atoms. The van der Waals surface area contributed by atoms with Crippen LogP contribution in [0.5, 0.6) is 0 Å². The second-order valence-electron chi connectivity index (χ2n) is 5.10. The van der Waals surface area contributed by atoms with E-state index in [0.717, 1.165) is 0 Å². The van der Waals surface area contributed by atoms with Crippen molar-refractivity contribution in [1.29, 1.82) is 5.26 Å². The molecule has 24 heavy (non-hydrogen) atoms. The largest absolute Gasteiger partial charge is 0.481 e. The fourth-order valence-corrected chi connectivity index (χ4v) is 2.77. The van der Waals surface area contributed by atoms with Crippen LogP contribution in [0, 0.1) is 21.4 Å². The van der Waals surface area contributed by atoms with Gasteiger partial charge in [-0.15, -0.1) is 0 Å². The van der Waals surface area contributed by atoms with Crippen molar-refractivity contribution in [3.63, 3.8) is 0 Å². The highest BCUT2D eigenvalue weighted by Crippen LogP contribution is 2.47. The van der Waals surface area contributed by atoms with Gasteiger partial charge in [0.15, 0.2) is 0 Å². The Balaban J connectivity index is 2.33. The van der Waals surface area contributed by atoms with Crippen LogP contribution in [0.1, 0.15) is 11.1 Å². The van der Waals surface area contributed by atoms with Gasteiger partial charge in [-0.25, -0.2) is 0 Å². The van der Waals surface area contributed by atoms with Gasteiger partial charge in [0.05, 0.1) is 41.1 Å². The van der Waals surface area contributed by atoms with Crippen LogP contribution in [0.3, 0.4) is 0 Å². The monoisotopic (exact) mass is 322 g/mol. The Bertz CT molecular complexity index is 950. The summed E-state index contributed by atoms with van der Waals surface area (Å²) in [5, 5.41) is 29.6. The third-order valence-electron chi connectivity index (χ3n) is 3.72. The van der Waals surface area contributed by atoms with E-state index in [-0.39, 0.29) is 11.3 Å². The molecule has 7 heteroatoms. The fraction of sp³-hybridized carbons (Fsp3) is 0.0588. The first-order valence-corrected chi connectivity index (χ1v) is 6.90. The Morgan fingerprint density at radius 2 is 1.96 bits per heavy atom. The first-order chi connectivity index (χ1) is 11.5. The molecule has 0 radical (unpaired) electrons. The van der Waals surface area contributed by atoms with Gasteiger partial charge in [-0.2, -0.15) is 5.26 Å². The molecule has 0 saturated heterocycles. The minimum atomic E-state index is -1.16. The van der Waals surface area contributed by atoms with Crippen LogP contribution in [0.4, 0.5) is 5.69 Å². The Hall–Kier alpha value is -3.66. The lowest BCUT2D eigenvalue weighted by Gasteiger charge is -2.03. The minimum absolute atomic E-state index is 0.137. The summed E-state index contributed by atoms with van der Waals surface area (Å²) in [6.07, 6.45) is 2.24. The molecular weight excluding hydrogens is 312 g/mol. The van der Waals surface area contributed by atoms with Gasteiger partial charge in [0.2, 0.25) is 0 Å². The molecule has 1 aromatic rings. The molecule has 1 N–H and O–H groups in total. The number of nitrogens with zero attached hydrogens (tertiary/aromatic N) is 2. The predicted molar refractivity (Wildman–Crippen MR) is 83.5 cm³/mol. The van der Waals surface area contributed by atoms with E-state index < -0.39 is 17.3 Å².